The molecule has 1 saturated heterocycles. The highest BCUT2D eigenvalue weighted by Crippen LogP contribution is 2.06. The summed E-state index contributed by atoms with van der Waals surface area (Å²) in [6.07, 6.45) is 9.85. The lowest BCUT2D eigenvalue weighted by Crippen LogP contribution is -2.40. The van der Waals surface area contributed by atoms with Gasteiger partial charge in [0.25, 0.3) is 0 Å². The van der Waals surface area contributed by atoms with E-state index in [2.05, 4.69) is 10.3 Å². The zero-order valence-corrected chi connectivity index (χ0v) is 21.9. The molecule has 2 heterocycles. The van der Waals surface area contributed by atoms with Crippen LogP contribution in [0.15, 0.2) is 4.99 Å². The van der Waals surface area contributed by atoms with Gasteiger partial charge >= 0.3 is 23.9 Å². The number of aliphatic carboxylic acids is 4. The predicted molar refractivity (Wildman–Crippen MR) is 148 cm³/mol. The highest BCUT2D eigenvalue weighted by molar-refractivity contribution is 6.35. The maximum absolute atomic E-state index is 10.3. The summed E-state index contributed by atoms with van der Waals surface area (Å²) in [5, 5.41) is 36.4. The van der Waals surface area contributed by atoms with Gasteiger partial charge in [0.1, 0.15) is 30.1 Å². The molecule has 39 heavy (non-hydrogen) atoms. The molecule has 2 aliphatic heterocycles. The molecule has 0 aromatic carbocycles. The topological polar surface area (TPSA) is 269 Å². The van der Waals surface area contributed by atoms with Gasteiger partial charge in [-0.2, -0.15) is 0 Å². The van der Waals surface area contributed by atoms with E-state index in [4.69, 9.17) is 37.6 Å². The van der Waals surface area contributed by atoms with Gasteiger partial charge in [0.2, 0.25) is 0 Å². The van der Waals surface area contributed by atoms with Crippen molar-refractivity contribution in [2.24, 2.45) is 22.2 Å². The van der Waals surface area contributed by atoms with Gasteiger partial charge in [0.05, 0.1) is 0 Å². The van der Waals surface area contributed by atoms with Gasteiger partial charge in [-0.1, -0.05) is 20.3 Å². The third-order valence-electron chi connectivity index (χ3n) is 5.42. The van der Waals surface area contributed by atoms with Crippen molar-refractivity contribution >= 4 is 35.9 Å². The average Bonchev–Trinajstić information content (AvgIpc) is 2.90. The third kappa shape index (κ3) is 25.1. The molecular weight excluding hydrogens is 514 g/mol. The molecule has 0 spiro atoms. The lowest BCUT2D eigenvalue weighted by atomic mass is 10.1. The molecule has 228 valence electrons. The first-order valence-electron chi connectivity index (χ1n) is 12.8. The molecule has 0 bridgehead atoms. The Morgan fingerprint density at radius 1 is 0.923 bits per heavy atom. The summed E-state index contributed by atoms with van der Waals surface area (Å²) in [7, 11) is 0. The monoisotopic (exact) mass is 563 g/mol. The second kappa shape index (κ2) is 26.7. The molecule has 3 atom stereocenters. The number of nitrogens with zero attached hydrogens (tertiary/aromatic N) is 1. The number of carboxylic acids is 4. The molecule has 0 radical (unpaired) electrons. The molecule has 2 aliphatic rings. The van der Waals surface area contributed by atoms with Crippen LogP contribution in [0.3, 0.4) is 0 Å². The minimum Gasteiger partial charge on any atom is -0.480 e. The Morgan fingerprint density at radius 3 is 1.85 bits per heavy atom. The highest BCUT2D eigenvalue weighted by atomic mass is 16.4. The van der Waals surface area contributed by atoms with E-state index in [9.17, 15) is 24.0 Å². The zero-order chi connectivity index (χ0) is 29.3. The predicted octanol–water partition coefficient (Wildman–Crippen LogP) is 0.840. The van der Waals surface area contributed by atoms with Crippen molar-refractivity contribution in [1.29, 1.82) is 0 Å². The Labute approximate surface area is 230 Å². The highest BCUT2D eigenvalue weighted by Gasteiger charge is 2.18. The molecule has 0 saturated carbocycles. The quantitative estimate of drug-likeness (QED) is 0.121. The summed E-state index contributed by atoms with van der Waals surface area (Å²) in [4.78, 5) is 54.3. The number of hydrogen-bond acceptors (Lipinski definition) is 10. The summed E-state index contributed by atoms with van der Waals surface area (Å²) in [5.74, 6) is -3.51. The smallest absolute Gasteiger partial charge is 0.349 e. The number of rotatable bonds is 12. The molecule has 14 heteroatoms. The number of nitrogens with one attached hydrogen (secondary N) is 1. The number of nitrogens with two attached hydrogens (primary N) is 3. The Bertz CT molecular complexity index is 729. The maximum atomic E-state index is 10.3. The normalized spacial score (nSPS) is 17.3. The number of carboxylic acid groups (broad SMARTS) is 4. The maximum Gasteiger partial charge on any atom is 0.349 e. The van der Waals surface area contributed by atoms with Crippen molar-refractivity contribution in [3.05, 3.63) is 0 Å². The van der Waals surface area contributed by atoms with Gasteiger partial charge in [-0.25, -0.2) is 4.79 Å². The molecule has 0 aliphatic carbocycles. The van der Waals surface area contributed by atoms with Crippen LogP contribution in [-0.4, -0.2) is 94.1 Å². The number of hydrogen-bond donors (Lipinski definition) is 8. The van der Waals surface area contributed by atoms with Crippen LogP contribution in [-0.2, 0) is 24.0 Å². The van der Waals surface area contributed by atoms with E-state index in [-0.39, 0.29) is 13.5 Å². The Hall–Kier alpha value is -2.94. The molecule has 1 fully saturated rings. The number of unbranched alkanes of at least 4 members (excludes halogenated alkanes) is 2. The van der Waals surface area contributed by atoms with Crippen molar-refractivity contribution < 1.29 is 44.4 Å². The molecule has 0 aromatic rings. The SMILES string of the molecule is C.NCCCC[C@H](N)C(=O)O.N[C@@H](CCCC=O)C(=O)O.O=C(O)C1=NCCCC1.O=C(O)[C@@H]1CCCCN1. The zero-order valence-electron chi connectivity index (χ0n) is 21.9. The van der Waals surface area contributed by atoms with Crippen molar-refractivity contribution in [2.45, 2.75) is 103 Å². The summed E-state index contributed by atoms with van der Waals surface area (Å²) in [5.41, 5.74) is 15.9. The van der Waals surface area contributed by atoms with Crippen LogP contribution in [0.5, 0.6) is 0 Å². The lowest BCUT2D eigenvalue weighted by Gasteiger charge is -2.18. The number of carbonyl (C=O) groups excluding carboxylic acids is 1. The number of piperidine rings is 1. The van der Waals surface area contributed by atoms with Crippen LogP contribution in [0.1, 0.15) is 84.5 Å². The standard InChI is InChI=1S/C6H14N2O2.C6H11NO3.C6H11NO2.C6H9NO2.CH4/c7-4-2-1-3-5(8)6(9)10;7-5(6(9)10)3-1-2-4-8;2*8-6(9)5-3-1-2-4-7-5;/h5H,1-4,7-8H2,(H,9,10);4-5H,1-3,7H2,(H,9,10);5,7H,1-4H2,(H,8,9);1-4H2,(H,8,9);1H4/t3*5-;;/m000../s1. The van der Waals surface area contributed by atoms with Gasteiger partial charge in [-0.15, -0.1) is 0 Å². The van der Waals surface area contributed by atoms with E-state index in [1.165, 1.54) is 0 Å². The fraction of sp³-hybridized carbons (Fsp3) is 0.760. The summed E-state index contributed by atoms with van der Waals surface area (Å²) >= 11 is 0. The Balaban J connectivity index is -0.000000439. The van der Waals surface area contributed by atoms with Crippen LogP contribution in [0.4, 0.5) is 0 Å². The van der Waals surface area contributed by atoms with Crippen LogP contribution in [0.2, 0.25) is 0 Å². The average molecular weight is 564 g/mol. The van der Waals surface area contributed by atoms with Gasteiger partial charge in [0, 0.05) is 13.0 Å². The van der Waals surface area contributed by atoms with E-state index in [0.29, 0.717) is 50.9 Å². The minimum absolute atomic E-state index is 0. The largest absolute Gasteiger partial charge is 0.480 e. The summed E-state index contributed by atoms with van der Waals surface area (Å²) in [6, 6.07) is -1.81. The Kier molecular flexibility index (Phi) is 27.7. The first-order chi connectivity index (χ1) is 18.0. The molecule has 0 aromatic heterocycles. The fourth-order valence-corrected chi connectivity index (χ4v) is 3.11. The van der Waals surface area contributed by atoms with Gasteiger partial charge in [-0.05, 0) is 70.9 Å². The Morgan fingerprint density at radius 2 is 1.51 bits per heavy atom. The molecular formula is C25H49N5O9. The number of carbonyl (C=O) groups is 5. The van der Waals surface area contributed by atoms with Crippen molar-refractivity contribution in [3.8, 4) is 0 Å². The molecule has 0 amide bonds. The number of aliphatic imine (C=N–C) groups is 1. The van der Waals surface area contributed by atoms with Crippen molar-refractivity contribution in [2.75, 3.05) is 19.6 Å². The number of aldehydes is 1. The second-order valence-corrected chi connectivity index (χ2v) is 8.70. The van der Waals surface area contributed by atoms with Gasteiger partial charge in [0.15, 0.2) is 0 Å². The van der Waals surface area contributed by atoms with E-state index < -0.39 is 36.0 Å². The third-order valence-corrected chi connectivity index (χ3v) is 5.42. The van der Waals surface area contributed by atoms with Crippen LogP contribution in [0.25, 0.3) is 0 Å². The van der Waals surface area contributed by atoms with Crippen molar-refractivity contribution in [3.63, 3.8) is 0 Å². The lowest BCUT2D eigenvalue weighted by molar-refractivity contribution is -0.140. The van der Waals surface area contributed by atoms with Crippen molar-refractivity contribution in [1.82, 2.24) is 5.32 Å². The minimum atomic E-state index is -1.01. The van der Waals surface area contributed by atoms with Crippen LogP contribution < -0.4 is 22.5 Å². The van der Waals surface area contributed by atoms with Gasteiger partial charge in [-0.3, -0.25) is 19.4 Å². The van der Waals surface area contributed by atoms with E-state index in [0.717, 1.165) is 57.8 Å². The molecule has 14 nitrogen and oxygen atoms in total. The first-order valence-corrected chi connectivity index (χ1v) is 12.8. The first kappa shape index (κ1) is 40.6. The van der Waals surface area contributed by atoms with Crippen LogP contribution >= 0.6 is 0 Å². The van der Waals surface area contributed by atoms with E-state index in [1.807, 2.05) is 0 Å². The van der Waals surface area contributed by atoms with E-state index in [1.54, 1.807) is 0 Å². The summed E-state index contributed by atoms with van der Waals surface area (Å²) < 4.78 is 0. The fourth-order valence-electron chi connectivity index (χ4n) is 3.11. The molecule has 11 N–H and O–H groups in total. The molecule has 0 unspecified atom stereocenters. The van der Waals surface area contributed by atoms with E-state index >= 15 is 0 Å². The van der Waals surface area contributed by atoms with Crippen LogP contribution in [0, 0.1) is 0 Å². The van der Waals surface area contributed by atoms with Gasteiger partial charge < -0.3 is 47.7 Å². The second-order valence-electron chi connectivity index (χ2n) is 8.70. The molecule has 2 rings (SSSR count). The summed E-state index contributed by atoms with van der Waals surface area (Å²) in [6.45, 7) is 2.16.